The molecule has 0 saturated carbocycles. The number of pyridine rings is 1. The van der Waals surface area contributed by atoms with Crippen molar-refractivity contribution in [3.05, 3.63) is 23.1 Å². The molecule has 1 rings (SSSR count). The highest BCUT2D eigenvalue weighted by Gasteiger charge is 1.97. The predicted octanol–water partition coefficient (Wildman–Crippen LogP) is 1.46. The molecule has 0 radical (unpaired) electrons. The Bertz CT molecular complexity index is 226. The zero-order chi connectivity index (χ0) is 6.85. The third-order valence-corrected chi connectivity index (χ3v) is 1.11. The highest BCUT2D eigenvalue weighted by atomic mass is 35.5. The van der Waals surface area contributed by atoms with Gasteiger partial charge in [-0.2, -0.15) is 0 Å². The minimum atomic E-state index is -0.538. The van der Waals surface area contributed by atoms with E-state index in [1.165, 1.54) is 6.20 Å². The summed E-state index contributed by atoms with van der Waals surface area (Å²) in [6.45, 7) is 0. The lowest BCUT2D eigenvalue weighted by molar-refractivity contribution is 0.627. The van der Waals surface area contributed by atoms with Crippen LogP contribution >= 0.6 is 11.6 Å². The van der Waals surface area contributed by atoms with Crippen LogP contribution in [0.5, 0.6) is 0 Å². The van der Waals surface area contributed by atoms with Gasteiger partial charge in [0.1, 0.15) is 11.6 Å². The second kappa shape index (κ2) is 2.19. The lowest BCUT2D eigenvalue weighted by atomic mass is 10.4. The monoisotopic (exact) mass is 146 g/mol. The maximum Gasteiger partial charge on any atom is 0.147 e. The summed E-state index contributed by atoms with van der Waals surface area (Å²) in [6, 6.07) is 1.07. The minimum absolute atomic E-state index is 0.01000. The standard InChI is InChI=1S/C5H4ClFN2/c6-3-2-9-5(8)1-4(3)7/h1-2H,(H2,8,9). The van der Waals surface area contributed by atoms with Gasteiger partial charge in [0.15, 0.2) is 0 Å². The SMILES string of the molecule is Nc1cc(F)c(Cl)cn1. The first-order valence-corrected chi connectivity index (χ1v) is 2.64. The van der Waals surface area contributed by atoms with Gasteiger partial charge in [-0.1, -0.05) is 11.6 Å². The predicted molar refractivity (Wildman–Crippen MR) is 33.6 cm³/mol. The van der Waals surface area contributed by atoms with E-state index in [9.17, 15) is 4.39 Å². The average Bonchev–Trinajstić information content (AvgIpc) is 1.80. The number of aromatic nitrogens is 1. The van der Waals surface area contributed by atoms with Crippen LogP contribution in [0.25, 0.3) is 0 Å². The Hall–Kier alpha value is -0.830. The van der Waals surface area contributed by atoms with Crippen LogP contribution in [-0.2, 0) is 0 Å². The number of hydrogen-bond donors (Lipinski definition) is 1. The van der Waals surface area contributed by atoms with Gasteiger partial charge in [0.05, 0.1) is 11.2 Å². The van der Waals surface area contributed by atoms with Crippen molar-refractivity contribution in [2.75, 3.05) is 5.73 Å². The van der Waals surface area contributed by atoms with Gasteiger partial charge in [0.25, 0.3) is 0 Å². The van der Waals surface area contributed by atoms with E-state index >= 15 is 0 Å². The molecule has 1 heterocycles. The Morgan fingerprint density at radius 1 is 1.67 bits per heavy atom. The highest BCUT2D eigenvalue weighted by molar-refractivity contribution is 6.30. The number of nitrogens with two attached hydrogens (primary N) is 1. The van der Waals surface area contributed by atoms with Crippen molar-refractivity contribution < 1.29 is 4.39 Å². The molecular formula is C5H4ClFN2. The smallest absolute Gasteiger partial charge is 0.147 e. The van der Waals surface area contributed by atoms with Gasteiger partial charge >= 0.3 is 0 Å². The molecule has 1 aromatic heterocycles. The second-order valence-corrected chi connectivity index (χ2v) is 1.93. The van der Waals surface area contributed by atoms with E-state index in [0.29, 0.717) is 0 Å². The Kier molecular flexibility index (Phi) is 1.53. The van der Waals surface area contributed by atoms with E-state index in [2.05, 4.69) is 4.98 Å². The maximum atomic E-state index is 12.3. The van der Waals surface area contributed by atoms with Crippen molar-refractivity contribution in [3.63, 3.8) is 0 Å². The molecule has 0 spiro atoms. The zero-order valence-corrected chi connectivity index (χ0v) is 5.19. The summed E-state index contributed by atoms with van der Waals surface area (Å²) in [5.74, 6) is -0.402. The molecule has 0 aromatic carbocycles. The number of rotatable bonds is 0. The van der Waals surface area contributed by atoms with Crippen molar-refractivity contribution in [2.45, 2.75) is 0 Å². The molecule has 0 aliphatic rings. The normalized spacial score (nSPS) is 9.56. The lowest BCUT2D eigenvalue weighted by Gasteiger charge is -1.92. The fourth-order valence-electron chi connectivity index (χ4n) is 0.429. The topological polar surface area (TPSA) is 38.9 Å². The van der Waals surface area contributed by atoms with Crippen LogP contribution in [0.4, 0.5) is 10.2 Å². The van der Waals surface area contributed by atoms with Crippen LogP contribution in [0.3, 0.4) is 0 Å². The summed E-state index contributed by atoms with van der Waals surface area (Å²) >= 11 is 5.29. The molecule has 2 nitrogen and oxygen atoms in total. The fraction of sp³-hybridized carbons (Fsp3) is 0. The first-order chi connectivity index (χ1) is 4.20. The molecular weight excluding hydrogens is 143 g/mol. The van der Waals surface area contributed by atoms with E-state index in [-0.39, 0.29) is 10.8 Å². The first kappa shape index (κ1) is 6.29. The number of hydrogen-bond acceptors (Lipinski definition) is 2. The number of anilines is 1. The van der Waals surface area contributed by atoms with Gasteiger partial charge in [-0.3, -0.25) is 0 Å². The molecule has 0 amide bonds. The van der Waals surface area contributed by atoms with Gasteiger partial charge < -0.3 is 5.73 Å². The van der Waals surface area contributed by atoms with Crippen LogP contribution in [0.1, 0.15) is 0 Å². The summed E-state index contributed by atoms with van der Waals surface area (Å²) in [4.78, 5) is 3.55. The van der Waals surface area contributed by atoms with Crippen LogP contribution < -0.4 is 5.73 Å². The van der Waals surface area contributed by atoms with Gasteiger partial charge in [0.2, 0.25) is 0 Å². The number of halogens is 2. The van der Waals surface area contributed by atoms with Crippen molar-refractivity contribution in [2.24, 2.45) is 0 Å². The fourth-order valence-corrected chi connectivity index (χ4v) is 0.532. The van der Waals surface area contributed by atoms with Crippen LogP contribution in [0.15, 0.2) is 12.3 Å². The van der Waals surface area contributed by atoms with Crippen molar-refractivity contribution in [1.82, 2.24) is 4.98 Å². The van der Waals surface area contributed by atoms with Crippen molar-refractivity contribution in [3.8, 4) is 0 Å². The first-order valence-electron chi connectivity index (χ1n) is 2.26. The average molecular weight is 147 g/mol. The molecule has 1 aromatic rings. The van der Waals surface area contributed by atoms with E-state index in [1.54, 1.807) is 0 Å². The van der Waals surface area contributed by atoms with E-state index in [4.69, 9.17) is 17.3 Å². The molecule has 48 valence electrons. The molecule has 0 aliphatic carbocycles. The van der Waals surface area contributed by atoms with E-state index in [0.717, 1.165) is 6.07 Å². The Morgan fingerprint density at radius 2 is 2.33 bits per heavy atom. The van der Waals surface area contributed by atoms with Crippen molar-refractivity contribution in [1.29, 1.82) is 0 Å². The largest absolute Gasteiger partial charge is 0.384 e. The number of nitrogen functional groups attached to an aromatic ring is 1. The summed E-state index contributed by atoms with van der Waals surface area (Å²) < 4.78 is 12.3. The molecule has 0 atom stereocenters. The Morgan fingerprint density at radius 3 is 2.78 bits per heavy atom. The molecule has 4 heteroatoms. The Labute approximate surface area is 56.5 Å². The lowest BCUT2D eigenvalue weighted by Crippen LogP contribution is -1.90. The summed E-state index contributed by atoms with van der Waals surface area (Å²) in [7, 11) is 0. The molecule has 0 fully saturated rings. The Balaban J connectivity index is 3.17. The van der Waals surface area contributed by atoms with Crippen molar-refractivity contribution >= 4 is 17.4 Å². The molecule has 9 heavy (non-hydrogen) atoms. The van der Waals surface area contributed by atoms with Crippen LogP contribution in [0, 0.1) is 5.82 Å². The van der Waals surface area contributed by atoms with E-state index < -0.39 is 5.82 Å². The molecule has 0 aliphatic heterocycles. The van der Waals surface area contributed by atoms with Crippen LogP contribution in [-0.4, -0.2) is 4.98 Å². The minimum Gasteiger partial charge on any atom is -0.384 e. The molecule has 2 N–H and O–H groups in total. The third-order valence-electron chi connectivity index (χ3n) is 0.830. The molecule has 0 unspecified atom stereocenters. The summed E-state index contributed by atoms with van der Waals surface area (Å²) in [5.41, 5.74) is 5.12. The summed E-state index contributed by atoms with van der Waals surface area (Å²) in [5, 5.41) is -0.01000. The van der Waals surface area contributed by atoms with Gasteiger partial charge in [-0.25, -0.2) is 9.37 Å². The zero-order valence-electron chi connectivity index (χ0n) is 4.44. The number of nitrogens with zero attached hydrogens (tertiary/aromatic N) is 1. The quantitative estimate of drug-likeness (QED) is 0.602. The molecule has 0 saturated heterocycles. The van der Waals surface area contributed by atoms with Crippen LogP contribution in [0.2, 0.25) is 5.02 Å². The highest BCUT2D eigenvalue weighted by Crippen LogP contribution is 2.13. The van der Waals surface area contributed by atoms with E-state index in [1.807, 2.05) is 0 Å². The second-order valence-electron chi connectivity index (χ2n) is 1.52. The van der Waals surface area contributed by atoms with Gasteiger partial charge in [-0.05, 0) is 0 Å². The van der Waals surface area contributed by atoms with Gasteiger partial charge in [-0.15, -0.1) is 0 Å². The third kappa shape index (κ3) is 1.29. The van der Waals surface area contributed by atoms with Gasteiger partial charge in [0, 0.05) is 6.07 Å². The maximum absolute atomic E-state index is 12.3. The molecule has 0 bridgehead atoms. The summed E-state index contributed by atoms with van der Waals surface area (Å²) in [6.07, 6.45) is 1.17.